The molecule has 0 saturated heterocycles. The molecule has 0 saturated carbocycles. The van der Waals surface area contributed by atoms with E-state index in [1.807, 2.05) is 37.1 Å². The predicted octanol–water partition coefficient (Wildman–Crippen LogP) is 2.71. The maximum absolute atomic E-state index is 13.8. The first-order valence-corrected chi connectivity index (χ1v) is 8.48. The van der Waals surface area contributed by atoms with Gasteiger partial charge in [-0.15, -0.1) is 0 Å². The Morgan fingerprint density at radius 1 is 1.35 bits per heavy atom. The molecule has 0 aliphatic heterocycles. The van der Waals surface area contributed by atoms with Crippen molar-refractivity contribution >= 4 is 5.96 Å². The van der Waals surface area contributed by atoms with Crippen LogP contribution in [0.3, 0.4) is 0 Å². The Bertz CT molecular complexity index is 710. The first-order valence-electron chi connectivity index (χ1n) is 8.48. The van der Waals surface area contributed by atoms with Gasteiger partial charge in [-0.1, -0.05) is 6.07 Å². The third-order valence-electron chi connectivity index (χ3n) is 3.59. The Kier molecular flexibility index (Phi) is 7.67. The van der Waals surface area contributed by atoms with Crippen molar-refractivity contribution in [1.29, 1.82) is 0 Å². The summed E-state index contributed by atoms with van der Waals surface area (Å²) in [5, 5.41) is 3.23. The van der Waals surface area contributed by atoms with Crippen molar-refractivity contribution in [2.75, 3.05) is 33.9 Å². The van der Waals surface area contributed by atoms with E-state index in [2.05, 4.69) is 15.3 Å². The van der Waals surface area contributed by atoms with Crippen molar-refractivity contribution < 1.29 is 13.9 Å². The van der Waals surface area contributed by atoms with Crippen molar-refractivity contribution in [3.8, 4) is 11.5 Å². The van der Waals surface area contributed by atoms with Gasteiger partial charge < -0.3 is 19.7 Å². The highest BCUT2D eigenvalue weighted by atomic mass is 19.1. The SMILES string of the molecule is CCNC(=NCCOc1cccnc1)N(C)Cc1ccc(OC)c(F)c1. The first kappa shape index (κ1) is 19.5. The fourth-order valence-electron chi connectivity index (χ4n) is 2.37. The minimum absolute atomic E-state index is 0.240. The average molecular weight is 360 g/mol. The number of hydrogen-bond donors (Lipinski definition) is 1. The Balaban J connectivity index is 1.93. The summed E-state index contributed by atoms with van der Waals surface area (Å²) < 4.78 is 24.4. The van der Waals surface area contributed by atoms with E-state index in [4.69, 9.17) is 9.47 Å². The lowest BCUT2D eigenvalue weighted by Gasteiger charge is -2.22. The van der Waals surface area contributed by atoms with E-state index in [0.29, 0.717) is 19.7 Å². The van der Waals surface area contributed by atoms with Crippen LogP contribution in [0.25, 0.3) is 0 Å². The highest BCUT2D eigenvalue weighted by Gasteiger charge is 2.09. The average Bonchev–Trinajstić information content (AvgIpc) is 2.65. The van der Waals surface area contributed by atoms with Gasteiger partial charge in [-0.05, 0) is 36.8 Å². The zero-order chi connectivity index (χ0) is 18.8. The van der Waals surface area contributed by atoms with E-state index in [0.717, 1.165) is 23.8 Å². The van der Waals surface area contributed by atoms with E-state index in [1.54, 1.807) is 18.5 Å². The van der Waals surface area contributed by atoms with Crippen molar-refractivity contribution in [2.24, 2.45) is 4.99 Å². The summed E-state index contributed by atoms with van der Waals surface area (Å²) in [5.74, 6) is 1.32. The Labute approximate surface area is 153 Å². The zero-order valence-corrected chi connectivity index (χ0v) is 15.4. The van der Waals surface area contributed by atoms with Crippen molar-refractivity contribution in [3.05, 3.63) is 54.1 Å². The largest absolute Gasteiger partial charge is 0.494 e. The maximum Gasteiger partial charge on any atom is 0.194 e. The van der Waals surface area contributed by atoms with Crippen LogP contribution in [0.15, 0.2) is 47.7 Å². The highest BCUT2D eigenvalue weighted by Crippen LogP contribution is 2.18. The lowest BCUT2D eigenvalue weighted by molar-refractivity contribution is 0.326. The number of methoxy groups -OCH3 is 1. The number of hydrogen-bond acceptors (Lipinski definition) is 4. The van der Waals surface area contributed by atoms with Crippen LogP contribution in [0.2, 0.25) is 0 Å². The molecule has 2 aromatic rings. The van der Waals surface area contributed by atoms with Crippen LogP contribution in [0.5, 0.6) is 11.5 Å². The van der Waals surface area contributed by atoms with Gasteiger partial charge in [-0.2, -0.15) is 0 Å². The Morgan fingerprint density at radius 3 is 2.85 bits per heavy atom. The van der Waals surface area contributed by atoms with Gasteiger partial charge in [0.1, 0.15) is 12.4 Å². The molecule has 0 aliphatic rings. The number of ether oxygens (including phenoxy) is 2. The summed E-state index contributed by atoms with van der Waals surface area (Å²) >= 11 is 0. The Morgan fingerprint density at radius 2 is 2.19 bits per heavy atom. The van der Waals surface area contributed by atoms with Gasteiger partial charge in [-0.3, -0.25) is 4.98 Å². The van der Waals surface area contributed by atoms with Gasteiger partial charge in [-0.25, -0.2) is 9.38 Å². The molecule has 1 heterocycles. The van der Waals surface area contributed by atoms with E-state index >= 15 is 0 Å². The zero-order valence-electron chi connectivity index (χ0n) is 15.4. The summed E-state index contributed by atoms with van der Waals surface area (Å²) in [5.41, 5.74) is 0.836. The van der Waals surface area contributed by atoms with Crippen LogP contribution >= 0.6 is 0 Å². The van der Waals surface area contributed by atoms with E-state index in [9.17, 15) is 4.39 Å². The van der Waals surface area contributed by atoms with Crippen LogP contribution in [0.4, 0.5) is 4.39 Å². The molecule has 6 nitrogen and oxygen atoms in total. The third-order valence-corrected chi connectivity index (χ3v) is 3.59. The van der Waals surface area contributed by atoms with Gasteiger partial charge in [0.2, 0.25) is 0 Å². The fraction of sp³-hybridized carbons (Fsp3) is 0.368. The molecule has 0 spiro atoms. The molecule has 1 N–H and O–H groups in total. The van der Waals surface area contributed by atoms with Crippen LogP contribution in [-0.2, 0) is 6.54 Å². The fourth-order valence-corrected chi connectivity index (χ4v) is 2.37. The Hall–Kier alpha value is -2.83. The molecule has 1 aromatic carbocycles. The second-order valence-corrected chi connectivity index (χ2v) is 5.60. The molecule has 0 radical (unpaired) electrons. The molecule has 0 amide bonds. The van der Waals surface area contributed by atoms with Crippen LogP contribution in [-0.4, -0.2) is 49.7 Å². The standard InChI is InChI=1S/C19H25FN4O2/c1-4-22-19(23-10-11-26-16-6-5-9-21-13-16)24(2)14-15-7-8-18(25-3)17(20)12-15/h5-9,12-13H,4,10-11,14H2,1-3H3,(H,22,23). The number of aromatic nitrogens is 1. The van der Waals surface area contributed by atoms with Gasteiger partial charge in [0.05, 0.1) is 19.9 Å². The normalized spacial score (nSPS) is 11.2. The molecule has 0 unspecified atom stereocenters. The number of rotatable bonds is 8. The number of nitrogens with zero attached hydrogens (tertiary/aromatic N) is 3. The summed E-state index contributed by atoms with van der Waals surface area (Å²) in [6.45, 7) is 4.21. The van der Waals surface area contributed by atoms with Gasteiger partial charge >= 0.3 is 0 Å². The number of pyridine rings is 1. The number of aliphatic imine (C=N–C) groups is 1. The van der Waals surface area contributed by atoms with E-state index in [-0.39, 0.29) is 11.6 Å². The summed E-state index contributed by atoms with van der Waals surface area (Å²) in [4.78, 5) is 10.5. The predicted molar refractivity (Wildman–Crippen MR) is 100 cm³/mol. The summed E-state index contributed by atoms with van der Waals surface area (Å²) in [7, 11) is 3.36. The molecular formula is C19H25FN4O2. The molecule has 1 aromatic heterocycles. The smallest absolute Gasteiger partial charge is 0.194 e. The molecular weight excluding hydrogens is 335 g/mol. The minimum Gasteiger partial charge on any atom is -0.494 e. The van der Waals surface area contributed by atoms with E-state index in [1.165, 1.54) is 13.2 Å². The van der Waals surface area contributed by atoms with Crippen LogP contribution in [0.1, 0.15) is 12.5 Å². The number of nitrogens with one attached hydrogen (secondary N) is 1. The molecule has 26 heavy (non-hydrogen) atoms. The quantitative estimate of drug-likeness (QED) is 0.446. The first-order chi connectivity index (χ1) is 12.6. The van der Waals surface area contributed by atoms with Gasteiger partial charge in [0.25, 0.3) is 0 Å². The van der Waals surface area contributed by atoms with Gasteiger partial charge in [0, 0.05) is 26.3 Å². The molecule has 7 heteroatoms. The number of halogens is 1. The summed E-state index contributed by atoms with van der Waals surface area (Å²) in [6.07, 6.45) is 3.37. The topological polar surface area (TPSA) is 59.0 Å². The van der Waals surface area contributed by atoms with E-state index < -0.39 is 0 Å². The molecule has 0 aliphatic carbocycles. The third kappa shape index (κ3) is 5.91. The molecule has 0 fully saturated rings. The molecule has 140 valence electrons. The molecule has 0 atom stereocenters. The second-order valence-electron chi connectivity index (χ2n) is 5.60. The number of benzene rings is 1. The minimum atomic E-state index is -0.370. The summed E-state index contributed by atoms with van der Waals surface area (Å²) in [6, 6.07) is 8.62. The monoisotopic (exact) mass is 360 g/mol. The second kappa shape index (κ2) is 10.2. The lowest BCUT2D eigenvalue weighted by atomic mass is 10.2. The maximum atomic E-state index is 13.8. The van der Waals surface area contributed by atoms with Crippen LogP contribution < -0.4 is 14.8 Å². The molecule has 0 bridgehead atoms. The molecule has 2 rings (SSSR count). The lowest BCUT2D eigenvalue weighted by Crippen LogP contribution is -2.38. The number of guanidine groups is 1. The highest BCUT2D eigenvalue weighted by molar-refractivity contribution is 5.79. The van der Waals surface area contributed by atoms with Gasteiger partial charge in [0.15, 0.2) is 17.5 Å². The van der Waals surface area contributed by atoms with Crippen molar-refractivity contribution in [3.63, 3.8) is 0 Å². The van der Waals surface area contributed by atoms with Crippen LogP contribution in [0, 0.1) is 5.82 Å². The van der Waals surface area contributed by atoms with Crippen molar-refractivity contribution in [2.45, 2.75) is 13.5 Å². The van der Waals surface area contributed by atoms with Crippen molar-refractivity contribution in [1.82, 2.24) is 15.2 Å².